The van der Waals surface area contributed by atoms with Crippen LogP contribution in [0.2, 0.25) is 0 Å². The molecule has 244 valence electrons. The molecule has 47 heavy (non-hydrogen) atoms. The smallest absolute Gasteiger partial charge is 0.367 e. The molecule has 15 nitrogen and oxygen atoms in total. The Bertz CT molecular complexity index is 1920. The highest BCUT2D eigenvalue weighted by Gasteiger charge is 2.54. The standard InChI is InChI=1S/C32H31N5O10/c1-5-37(19(3)38)17-27(40)47-32(37)28-18(2)34-35(20-10-12-21(13-11-20)36(43)44)31(28)46-25-16-24(30(42)33-15-14-26(39)45-4)29(41)23-9-7-6-8-22(23)25/h6-13,16,32H,5,14-15,17H2,1-4H3,(H-,33,41,42)/p+1. The van der Waals surface area contributed by atoms with E-state index in [2.05, 4.69) is 15.2 Å². The first-order chi connectivity index (χ1) is 22.4. The lowest BCUT2D eigenvalue weighted by Gasteiger charge is -2.32. The molecule has 0 saturated carbocycles. The molecule has 1 saturated heterocycles. The van der Waals surface area contributed by atoms with Crippen LogP contribution in [0.1, 0.15) is 48.1 Å². The van der Waals surface area contributed by atoms with Gasteiger partial charge in [0.15, 0.2) is 6.54 Å². The number of methoxy groups -OCH3 is 1. The summed E-state index contributed by atoms with van der Waals surface area (Å²) >= 11 is 0. The maximum absolute atomic E-state index is 13.2. The number of rotatable bonds is 10. The van der Waals surface area contributed by atoms with E-state index in [9.17, 15) is 34.4 Å². The molecule has 2 unspecified atom stereocenters. The van der Waals surface area contributed by atoms with Crippen molar-refractivity contribution in [2.24, 2.45) is 0 Å². The van der Waals surface area contributed by atoms with E-state index in [1.54, 1.807) is 38.1 Å². The number of likely N-dealkylation sites (N-methyl/N-ethyl adjacent to an activating group) is 1. The van der Waals surface area contributed by atoms with E-state index in [-0.39, 0.29) is 76.0 Å². The van der Waals surface area contributed by atoms with Gasteiger partial charge in [-0.05, 0) is 32.0 Å². The van der Waals surface area contributed by atoms with Gasteiger partial charge < -0.3 is 24.6 Å². The average Bonchev–Trinajstić information content (AvgIpc) is 3.57. The second-order valence-electron chi connectivity index (χ2n) is 10.9. The van der Waals surface area contributed by atoms with Crippen LogP contribution < -0.4 is 10.1 Å². The van der Waals surface area contributed by atoms with Crippen molar-refractivity contribution < 1.29 is 47.9 Å². The van der Waals surface area contributed by atoms with E-state index in [1.165, 1.54) is 49.0 Å². The van der Waals surface area contributed by atoms with Gasteiger partial charge in [-0.25, -0.2) is 14.1 Å². The Kier molecular flexibility index (Phi) is 8.92. The molecule has 3 aromatic carbocycles. The molecule has 1 aromatic heterocycles. The number of esters is 2. The van der Waals surface area contributed by atoms with Crippen molar-refractivity contribution in [1.29, 1.82) is 0 Å². The number of aromatic nitrogens is 2. The van der Waals surface area contributed by atoms with Gasteiger partial charge in [0.05, 0.1) is 48.9 Å². The van der Waals surface area contributed by atoms with Crippen LogP contribution in [0.3, 0.4) is 0 Å². The van der Waals surface area contributed by atoms with E-state index in [0.717, 1.165) is 0 Å². The van der Waals surface area contributed by atoms with Crippen molar-refractivity contribution in [2.75, 3.05) is 26.7 Å². The van der Waals surface area contributed by atoms with Gasteiger partial charge in [-0.1, -0.05) is 24.3 Å². The Balaban J connectivity index is 1.70. The van der Waals surface area contributed by atoms with Gasteiger partial charge in [-0.3, -0.25) is 19.7 Å². The molecule has 0 bridgehead atoms. The number of amides is 2. The predicted octanol–water partition coefficient (Wildman–Crippen LogP) is 3.97. The topological polar surface area (TPSA) is 189 Å². The fraction of sp³-hybridized carbons (Fsp3) is 0.281. The van der Waals surface area contributed by atoms with Crippen LogP contribution in [0.25, 0.3) is 16.5 Å². The second kappa shape index (κ2) is 12.9. The molecular weight excluding hydrogens is 614 g/mol. The van der Waals surface area contributed by atoms with Crippen LogP contribution in [0, 0.1) is 17.0 Å². The number of cyclic esters (lactones) is 1. The number of phenols is 1. The normalized spacial score (nSPS) is 17.3. The summed E-state index contributed by atoms with van der Waals surface area (Å²) in [6.45, 7) is 4.72. The van der Waals surface area contributed by atoms with Crippen LogP contribution in [-0.2, 0) is 23.9 Å². The monoisotopic (exact) mass is 646 g/mol. The Morgan fingerprint density at radius 2 is 1.85 bits per heavy atom. The summed E-state index contributed by atoms with van der Waals surface area (Å²) in [4.78, 5) is 61.4. The Hall–Kier alpha value is -5.83. The number of aryl methyl sites for hydroxylation is 1. The molecule has 1 fully saturated rings. The fourth-order valence-corrected chi connectivity index (χ4v) is 5.61. The Labute approximate surface area is 268 Å². The lowest BCUT2D eigenvalue weighted by molar-refractivity contribution is -0.882. The summed E-state index contributed by atoms with van der Waals surface area (Å²) in [5, 5.41) is 30.4. The summed E-state index contributed by atoms with van der Waals surface area (Å²) < 4.78 is 17.9. The zero-order valence-corrected chi connectivity index (χ0v) is 26.0. The number of hydrogen-bond acceptors (Lipinski definition) is 11. The number of ether oxygens (including phenoxy) is 3. The van der Waals surface area contributed by atoms with Crippen molar-refractivity contribution >= 4 is 40.2 Å². The molecule has 1 aliphatic heterocycles. The summed E-state index contributed by atoms with van der Waals surface area (Å²) in [6, 6.07) is 13.5. The summed E-state index contributed by atoms with van der Waals surface area (Å²) in [7, 11) is 1.23. The second-order valence-corrected chi connectivity index (χ2v) is 10.9. The summed E-state index contributed by atoms with van der Waals surface area (Å²) in [5.74, 6) is -2.35. The highest BCUT2D eigenvalue weighted by Crippen LogP contribution is 2.46. The van der Waals surface area contributed by atoms with Crippen LogP contribution >= 0.6 is 0 Å². The fourth-order valence-electron chi connectivity index (χ4n) is 5.61. The first-order valence-corrected chi connectivity index (χ1v) is 14.6. The molecule has 15 heteroatoms. The van der Waals surface area contributed by atoms with E-state index in [0.29, 0.717) is 16.8 Å². The van der Waals surface area contributed by atoms with Crippen LogP contribution in [-0.4, -0.2) is 74.8 Å². The van der Waals surface area contributed by atoms with E-state index in [4.69, 9.17) is 9.47 Å². The zero-order chi connectivity index (χ0) is 34.0. The number of aromatic hydroxyl groups is 1. The first-order valence-electron chi connectivity index (χ1n) is 14.6. The third-order valence-electron chi connectivity index (χ3n) is 8.18. The highest BCUT2D eigenvalue weighted by molar-refractivity contribution is 6.06. The van der Waals surface area contributed by atoms with E-state index < -0.39 is 29.0 Å². The maximum Gasteiger partial charge on any atom is 0.367 e. The molecule has 2 heterocycles. The molecule has 0 radical (unpaired) electrons. The number of hydrogen-bond donors (Lipinski definition) is 2. The third kappa shape index (κ3) is 5.95. The van der Waals surface area contributed by atoms with Crippen molar-refractivity contribution in [3.05, 3.63) is 81.5 Å². The number of quaternary nitrogens is 1. The van der Waals surface area contributed by atoms with Gasteiger partial charge in [0.1, 0.15) is 17.1 Å². The molecule has 2 atom stereocenters. The van der Waals surface area contributed by atoms with Crippen molar-refractivity contribution in [1.82, 2.24) is 15.1 Å². The lowest BCUT2D eigenvalue weighted by atomic mass is 10.0. The molecule has 0 spiro atoms. The number of benzene rings is 3. The van der Waals surface area contributed by atoms with E-state index >= 15 is 0 Å². The number of nitrogens with one attached hydrogen (secondary N) is 1. The van der Waals surface area contributed by atoms with Gasteiger partial charge in [-0.2, -0.15) is 9.78 Å². The van der Waals surface area contributed by atoms with Gasteiger partial charge in [-0.15, -0.1) is 0 Å². The minimum Gasteiger partial charge on any atom is -0.506 e. The van der Waals surface area contributed by atoms with E-state index in [1.807, 2.05) is 0 Å². The van der Waals surface area contributed by atoms with Gasteiger partial charge in [0, 0.05) is 29.4 Å². The average molecular weight is 647 g/mol. The lowest BCUT2D eigenvalue weighted by Crippen LogP contribution is -2.51. The first kappa shape index (κ1) is 32.6. The number of nitro groups is 1. The number of nitrogens with zero attached hydrogens (tertiary/aromatic N) is 4. The number of non-ortho nitro benzene ring substituents is 1. The SMILES string of the molecule is CC[N+]1(C(C)=O)CC(=O)OC1c1c(C)nn(-c2ccc([N+](=O)[O-])cc2)c1Oc1cc(C(=O)NCCC(=O)OC)c(O)c2ccccc12. The zero-order valence-electron chi connectivity index (χ0n) is 26.0. The van der Waals surface area contributed by atoms with Gasteiger partial charge >= 0.3 is 17.8 Å². The van der Waals surface area contributed by atoms with Gasteiger partial charge in [0.2, 0.25) is 5.88 Å². The molecule has 0 aliphatic carbocycles. The maximum atomic E-state index is 13.2. The summed E-state index contributed by atoms with van der Waals surface area (Å²) in [6.07, 6.45) is -1.23. The van der Waals surface area contributed by atoms with Gasteiger partial charge in [0.25, 0.3) is 17.8 Å². The van der Waals surface area contributed by atoms with Crippen molar-refractivity contribution in [3.63, 3.8) is 0 Å². The van der Waals surface area contributed by atoms with Crippen molar-refractivity contribution in [3.8, 4) is 23.1 Å². The Morgan fingerprint density at radius 1 is 1.17 bits per heavy atom. The van der Waals surface area contributed by atoms with Crippen LogP contribution in [0.5, 0.6) is 17.4 Å². The number of nitro benzene ring substituents is 1. The number of phenolic OH excluding ortho intramolecular Hbond substituents is 1. The van der Waals surface area contributed by atoms with Crippen LogP contribution in [0.15, 0.2) is 54.6 Å². The highest BCUT2D eigenvalue weighted by atomic mass is 16.6. The minimum atomic E-state index is -1.14. The molecule has 2 N–H and O–H groups in total. The minimum absolute atomic E-state index is 0.0149. The third-order valence-corrected chi connectivity index (χ3v) is 8.18. The van der Waals surface area contributed by atoms with Crippen LogP contribution in [0.4, 0.5) is 5.69 Å². The number of carbonyl (C=O) groups is 4. The summed E-state index contributed by atoms with van der Waals surface area (Å²) in [5.41, 5.74) is 0.658. The largest absolute Gasteiger partial charge is 0.506 e. The molecule has 2 amide bonds. The molecule has 5 rings (SSSR count). The van der Waals surface area contributed by atoms with Crippen molar-refractivity contribution in [2.45, 2.75) is 33.4 Å². The molecule has 4 aromatic rings. The number of fused-ring (bicyclic) bond motifs is 1. The molecule has 1 aliphatic rings. The predicted molar refractivity (Wildman–Crippen MR) is 165 cm³/mol. The Morgan fingerprint density at radius 3 is 2.47 bits per heavy atom. The number of carbonyl (C=O) groups excluding carboxylic acids is 4. The molecular formula is C32H32N5O10+. The quantitative estimate of drug-likeness (QED) is 0.110.